The number of benzene rings is 2. The predicted octanol–water partition coefficient (Wildman–Crippen LogP) is 4.55. The summed E-state index contributed by atoms with van der Waals surface area (Å²) in [6, 6.07) is 11.0. The van der Waals surface area contributed by atoms with E-state index in [2.05, 4.69) is 5.32 Å². The van der Waals surface area contributed by atoms with E-state index in [1.165, 1.54) is 13.0 Å². The number of para-hydroxylation sites is 1. The van der Waals surface area contributed by atoms with Crippen molar-refractivity contribution >= 4 is 29.2 Å². The van der Waals surface area contributed by atoms with Gasteiger partial charge in [-0.1, -0.05) is 43.6 Å². The van der Waals surface area contributed by atoms with Gasteiger partial charge in [0.2, 0.25) is 0 Å². The second kappa shape index (κ2) is 9.37. The lowest BCUT2D eigenvalue weighted by Gasteiger charge is -2.16. The van der Waals surface area contributed by atoms with Crippen LogP contribution in [0.3, 0.4) is 0 Å². The van der Waals surface area contributed by atoms with Crippen molar-refractivity contribution in [2.75, 3.05) is 11.9 Å². The fraction of sp³-hybridized carbons (Fsp3) is 0.300. The largest absolute Gasteiger partial charge is 0.482 e. The number of carbonyl (C=O) groups excluding carboxylic acids is 2. The fourth-order valence-corrected chi connectivity index (χ4v) is 2.55. The molecule has 0 aromatic heterocycles. The Morgan fingerprint density at radius 1 is 1.15 bits per heavy atom. The lowest BCUT2D eigenvalue weighted by Crippen LogP contribution is -2.31. The van der Waals surface area contributed by atoms with E-state index in [1.54, 1.807) is 6.07 Å². The lowest BCUT2D eigenvalue weighted by atomic mass is 10.0. The Hall–Kier alpha value is -2.60. The number of hydrogen-bond donors (Lipinski definition) is 1. The Morgan fingerprint density at radius 2 is 1.85 bits per heavy atom. The summed E-state index contributed by atoms with van der Waals surface area (Å²) in [5.74, 6) is -0.945. The normalized spacial score (nSPS) is 11.8. The molecule has 2 aromatic carbocycles. The first-order valence-corrected chi connectivity index (χ1v) is 8.83. The molecule has 27 heavy (non-hydrogen) atoms. The highest BCUT2D eigenvalue weighted by Gasteiger charge is 2.19. The molecule has 0 heterocycles. The average molecular weight is 394 g/mol. The first-order chi connectivity index (χ1) is 12.8. The first-order valence-electron chi connectivity index (χ1n) is 8.45. The van der Waals surface area contributed by atoms with Gasteiger partial charge in [0.25, 0.3) is 5.91 Å². The van der Waals surface area contributed by atoms with Crippen LogP contribution in [0.2, 0.25) is 5.02 Å². The second-order valence-corrected chi connectivity index (χ2v) is 6.63. The van der Waals surface area contributed by atoms with Crippen molar-refractivity contribution in [2.45, 2.75) is 32.8 Å². The van der Waals surface area contributed by atoms with Crippen molar-refractivity contribution in [1.82, 2.24) is 0 Å². The Bertz CT molecular complexity index is 825. The Balaban J connectivity index is 1.89. The molecule has 0 aliphatic heterocycles. The van der Waals surface area contributed by atoms with Gasteiger partial charge < -0.3 is 14.8 Å². The minimum Gasteiger partial charge on any atom is -0.482 e. The molecule has 144 valence electrons. The summed E-state index contributed by atoms with van der Waals surface area (Å²) in [7, 11) is 0. The molecule has 0 spiro atoms. The van der Waals surface area contributed by atoms with Crippen molar-refractivity contribution in [3.8, 4) is 5.75 Å². The Kier molecular flexibility index (Phi) is 7.19. The standard InChI is InChI=1S/C20H21ClFNO4/c1-12(2)15-6-4-5-7-18(15)26-11-19(24)27-13(3)20(25)23-17-9-8-14(22)10-16(17)21/h4-10,12-13H,11H2,1-3H3,(H,23,25). The number of amides is 1. The molecule has 2 aromatic rings. The molecule has 7 heteroatoms. The van der Waals surface area contributed by atoms with E-state index in [-0.39, 0.29) is 23.2 Å². The van der Waals surface area contributed by atoms with Crippen molar-refractivity contribution in [3.63, 3.8) is 0 Å². The molecule has 1 amide bonds. The number of ether oxygens (including phenoxy) is 2. The van der Waals surface area contributed by atoms with Gasteiger partial charge in [-0.15, -0.1) is 0 Å². The van der Waals surface area contributed by atoms with Gasteiger partial charge in [0, 0.05) is 0 Å². The zero-order chi connectivity index (χ0) is 20.0. The maximum Gasteiger partial charge on any atom is 0.344 e. The summed E-state index contributed by atoms with van der Waals surface area (Å²) >= 11 is 5.86. The molecular formula is C20H21ClFNO4. The SMILES string of the molecule is CC(OC(=O)COc1ccccc1C(C)C)C(=O)Nc1ccc(F)cc1Cl. The minimum absolute atomic E-state index is 0.0514. The van der Waals surface area contributed by atoms with E-state index in [9.17, 15) is 14.0 Å². The van der Waals surface area contributed by atoms with Crippen LogP contribution >= 0.6 is 11.6 Å². The van der Waals surface area contributed by atoms with Crippen LogP contribution in [0.1, 0.15) is 32.3 Å². The summed E-state index contributed by atoms with van der Waals surface area (Å²) in [6.45, 7) is 5.15. The molecule has 5 nitrogen and oxygen atoms in total. The second-order valence-electron chi connectivity index (χ2n) is 6.23. The molecule has 0 saturated heterocycles. The van der Waals surface area contributed by atoms with Gasteiger partial charge in [-0.05, 0) is 42.7 Å². The molecule has 1 atom stereocenters. The van der Waals surface area contributed by atoms with E-state index in [0.717, 1.165) is 17.7 Å². The number of hydrogen-bond acceptors (Lipinski definition) is 4. The van der Waals surface area contributed by atoms with Gasteiger partial charge in [-0.2, -0.15) is 0 Å². The number of esters is 1. The molecule has 1 N–H and O–H groups in total. The van der Waals surface area contributed by atoms with Crippen LogP contribution in [-0.4, -0.2) is 24.6 Å². The van der Waals surface area contributed by atoms with Gasteiger partial charge >= 0.3 is 5.97 Å². The van der Waals surface area contributed by atoms with Crippen LogP contribution in [0.4, 0.5) is 10.1 Å². The number of nitrogens with one attached hydrogen (secondary N) is 1. The van der Waals surface area contributed by atoms with Crippen molar-refractivity contribution in [2.24, 2.45) is 0 Å². The number of carbonyl (C=O) groups is 2. The maximum atomic E-state index is 13.0. The third-order valence-corrected chi connectivity index (χ3v) is 4.07. The summed E-state index contributed by atoms with van der Waals surface area (Å²) < 4.78 is 23.6. The van der Waals surface area contributed by atoms with Gasteiger partial charge in [0.1, 0.15) is 11.6 Å². The van der Waals surface area contributed by atoms with Crippen LogP contribution in [-0.2, 0) is 14.3 Å². The molecule has 0 bridgehead atoms. The number of rotatable bonds is 7. The first kappa shape index (κ1) is 20.7. The summed E-state index contributed by atoms with van der Waals surface area (Å²) in [5, 5.41) is 2.54. The zero-order valence-electron chi connectivity index (χ0n) is 15.3. The maximum absolute atomic E-state index is 13.0. The molecule has 2 rings (SSSR count). The van der Waals surface area contributed by atoms with Crippen molar-refractivity contribution < 1.29 is 23.5 Å². The Morgan fingerprint density at radius 3 is 2.52 bits per heavy atom. The van der Waals surface area contributed by atoms with Gasteiger partial charge in [-0.3, -0.25) is 4.79 Å². The molecule has 0 aliphatic rings. The van der Waals surface area contributed by atoms with E-state index in [0.29, 0.717) is 5.75 Å². The average Bonchev–Trinajstić information content (AvgIpc) is 2.62. The summed E-state index contributed by atoms with van der Waals surface area (Å²) in [6.07, 6.45) is -1.07. The smallest absolute Gasteiger partial charge is 0.344 e. The topological polar surface area (TPSA) is 64.6 Å². The van der Waals surface area contributed by atoms with Gasteiger partial charge in [0.15, 0.2) is 12.7 Å². The highest BCUT2D eigenvalue weighted by atomic mass is 35.5. The number of halogens is 2. The molecule has 0 aliphatic carbocycles. The minimum atomic E-state index is -1.07. The quantitative estimate of drug-likeness (QED) is 0.701. The molecule has 1 unspecified atom stereocenters. The predicted molar refractivity (Wildman–Crippen MR) is 102 cm³/mol. The molecule has 0 radical (unpaired) electrons. The van der Waals surface area contributed by atoms with E-state index in [1.807, 2.05) is 32.0 Å². The summed E-state index contributed by atoms with van der Waals surface area (Å²) in [5.41, 5.74) is 1.20. The number of anilines is 1. The third-order valence-electron chi connectivity index (χ3n) is 3.75. The van der Waals surface area contributed by atoms with Crippen molar-refractivity contribution in [1.29, 1.82) is 0 Å². The van der Waals surface area contributed by atoms with Crippen LogP contribution in [0, 0.1) is 5.82 Å². The van der Waals surface area contributed by atoms with Gasteiger partial charge in [0.05, 0.1) is 10.7 Å². The van der Waals surface area contributed by atoms with Crippen LogP contribution in [0.5, 0.6) is 5.75 Å². The van der Waals surface area contributed by atoms with E-state index >= 15 is 0 Å². The monoisotopic (exact) mass is 393 g/mol. The highest BCUT2D eigenvalue weighted by molar-refractivity contribution is 6.33. The highest BCUT2D eigenvalue weighted by Crippen LogP contribution is 2.26. The Labute approximate surface area is 162 Å². The molecular weight excluding hydrogens is 373 g/mol. The van der Waals surface area contributed by atoms with Gasteiger partial charge in [-0.25, -0.2) is 9.18 Å². The third kappa shape index (κ3) is 5.96. The van der Waals surface area contributed by atoms with E-state index < -0.39 is 23.8 Å². The van der Waals surface area contributed by atoms with Crippen molar-refractivity contribution in [3.05, 3.63) is 58.9 Å². The molecule has 0 fully saturated rings. The van der Waals surface area contributed by atoms with Crippen LogP contribution in [0.15, 0.2) is 42.5 Å². The molecule has 0 saturated carbocycles. The van der Waals surface area contributed by atoms with Crippen LogP contribution < -0.4 is 10.1 Å². The lowest BCUT2D eigenvalue weighted by molar-refractivity contribution is -0.155. The summed E-state index contributed by atoms with van der Waals surface area (Å²) in [4.78, 5) is 24.1. The zero-order valence-corrected chi connectivity index (χ0v) is 16.0. The van der Waals surface area contributed by atoms with Crippen LogP contribution in [0.25, 0.3) is 0 Å². The fourth-order valence-electron chi connectivity index (χ4n) is 2.34. The van der Waals surface area contributed by atoms with E-state index in [4.69, 9.17) is 21.1 Å².